The molecule has 0 aliphatic carbocycles. The van der Waals surface area contributed by atoms with Crippen LogP contribution in [0.25, 0.3) is 0 Å². The Balaban J connectivity index is 0.00000364. The Kier molecular flexibility index (Phi) is 9.29. The van der Waals surface area contributed by atoms with Crippen LogP contribution in [0.1, 0.15) is 18.2 Å². The number of hydrogen-bond donors (Lipinski definition) is 1. The van der Waals surface area contributed by atoms with E-state index >= 15 is 0 Å². The van der Waals surface area contributed by atoms with Gasteiger partial charge in [0.2, 0.25) is 0 Å². The average molecular weight is 569 g/mol. The van der Waals surface area contributed by atoms with Crippen molar-refractivity contribution < 1.29 is 8.42 Å². The van der Waals surface area contributed by atoms with Crippen LogP contribution in [0.4, 0.5) is 0 Å². The molecule has 1 aromatic heterocycles. The van der Waals surface area contributed by atoms with E-state index in [1.54, 1.807) is 24.3 Å². The first-order valence-electron chi connectivity index (χ1n) is 8.30. The molecule has 0 amide bonds. The van der Waals surface area contributed by atoms with E-state index < -0.39 is 9.84 Å². The third-order valence-electron chi connectivity index (χ3n) is 3.93. The number of nitrogens with one attached hydrogen (secondary N) is 1. The van der Waals surface area contributed by atoms with Gasteiger partial charge in [-0.1, -0.05) is 12.1 Å². The molecule has 0 saturated heterocycles. The minimum Gasteiger partial charge on any atom is -0.357 e. The van der Waals surface area contributed by atoms with Gasteiger partial charge >= 0.3 is 0 Å². The second kappa shape index (κ2) is 10.5. The molecule has 27 heavy (non-hydrogen) atoms. The van der Waals surface area contributed by atoms with Crippen LogP contribution in [0.2, 0.25) is 0 Å². The first-order valence-corrected chi connectivity index (χ1v) is 11.0. The Morgan fingerprint density at radius 1 is 1.30 bits per heavy atom. The Bertz CT molecular complexity index is 879. The normalized spacial score (nSPS) is 11.8. The maximum atomic E-state index is 11.5. The highest BCUT2D eigenvalue weighted by Crippen LogP contribution is 2.15. The van der Waals surface area contributed by atoms with Crippen molar-refractivity contribution in [3.63, 3.8) is 0 Å². The standard InChI is InChI=1S/C18H25BrN4O2S.HI/c1-5-20-18(23(3)13-16-10-15(19)12-22(16)2)21-11-14-6-8-17(9-7-14)26(4,24)25;/h6-10,12H,5,11,13H2,1-4H3,(H,20,21);1H. The van der Waals surface area contributed by atoms with Crippen molar-refractivity contribution in [2.45, 2.75) is 24.9 Å². The number of hydrogen-bond acceptors (Lipinski definition) is 3. The summed E-state index contributed by atoms with van der Waals surface area (Å²) in [5.74, 6) is 0.803. The Morgan fingerprint density at radius 3 is 2.41 bits per heavy atom. The Labute approximate surface area is 187 Å². The quantitative estimate of drug-likeness (QED) is 0.329. The zero-order chi connectivity index (χ0) is 19.3. The van der Waals surface area contributed by atoms with Crippen LogP contribution in [-0.2, 0) is 30.0 Å². The fourth-order valence-electron chi connectivity index (χ4n) is 2.52. The third kappa shape index (κ3) is 7.11. The molecule has 0 spiro atoms. The third-order valence-corrected chi connectivity index (χ3v) is 5.50. The number of rotatable bonds is 6. The maximum absolute atomic E-state index is 11.5. The van der Waals surface area contributed by atoms with Crippen molar-refractivity contribution in [3.05, 3.63) is 52.3 Å². The largest absolute Gasteiger partial charge is 0.357 e. The van der Waals surface area contributed by atoms with Crippen molar-refractivity contribution in [2.75, 3.05) is 19.8 Å². The number of guanidine groups is 1. The molecule has 9 heteroatoms. The topological polar surface area (TPSA) is 66.7 Å². The van der Waals surface area contributed by atoms with Crippen LogP contribution in [0, 0.1) is 0 Å². The van der Waals surface area contributed by atoms with Gasteiger partial charge in [-0.3, -0.25) is 0 Å². The van der Waals surface area contributed by atoms with Gasteiger partial charge in [0.05, 0.1) is 18.0 Å². The monoisotopic (exact) mass is 568 g/mol. The van der Waals surface area contributed by atoms with Crippen LogP contribution in [0.5, 0.6) is 0 Å². The lowest BCUT2D eigenvalue weighted by atomic mass is 10.2. The lowest BCUT2D eigenvalue weighted by Gasteiger charge is -2.22. The first-order chi connectivity index (χ1) is 12.2. The smallest absolute Gasteiger partial charge is 0.194 e. The molecular weight excluding hydrogens is 543 g/mol. The van der Waals surface area contributed by atoms with Crippen molar-refractivity contribution in [2.24, 2.45) is 12.0 Å². The van der Waals surface area contributed by atoms with Gasteiger partial charge in [0.1, 0.15) is 0 Å². The summed E-state index contributed by atoms with van der Waals surface area (Å²) in [4.78, 5) is 7.06. The van der Waals surface area contributed by atoms with Gasteiger partial charge in [0.15, 0.2) is 15.8 Å². The molecule has 0 saturated carbocycles. The number of halogens is 2. The molecule has 0 radical (unpaired) electrons. The van der Waals surface area contributed by atoms with Crippen molar-refractivity contribution in [3.8, 4) is 0 Å². The SMILES string of the molecule is CCNC(=NCc1ccc(S(C)(=O)=O)cc1)N(C)Cc1cc(Br)cn1C.I. The number of benzene rings is 1. The van der Waals surface area contributed by atoms with E-state index in [-0.39, 0.29) is 24.0 Å². The summed E-state index contributed by atoms with van der Waals surface area (Å²) < 4.78 is 26.2. The lowest BCUT2D eigenvalue weighted by Crippen LogP contribution is -2.38. The molecule has 0 aliphatic heterocycles. The summed E-state index contributed by atoms with van der Waals surface area (Å²) in [6.07, 6.45) is 3.23. The molecule has 1 aromatic carbocycles. The number of aromatic nitrogens is 1. The summed E-state index contributed by atoms with van der Waals surface area (Å²) in [6, 6.07) is 8.94. The van der Waals surface area contributed by atoms with Crippen LogP contribution in [0.3, 0.4) is 0 Å². The molecule has 0 bridgehead atoms. The van der Waals surface area contributed by atoms with E-state index in [1.165, 1.54) is 11.9 Å². The average Bonchev–Trinajstić information content (AvgIpc) is 2.88. The Morgan fingerprint density at radius 2 is 1.93 bits per heavy atom. The minimum absolute atomic E-state index is 0. The van der Waals surface area contributed by atoms with Crippen LogP contribution < -0.4 is 5.32 Å². The van der Waals surface area contributed by atoms with Gasteiger partial charge in [0, 0.05) is 43.3 Å². The van der Waals surface area contributed by atoms with E-state index in [0.717, 1.165) is 29.1 Å². The molecule has 0 atom stereocenters. The molecule has 1 heterocycles. The van der Waals surface area contributed by atoms with Gasteiger partial charge in [-0.15, -0.1) is 24.0 Å². The van der Waals surface area contributed by atoms with Crippen molar-refractivity contribution in [1.29, 1.82) is 0 Å². The summed E-state index contributed by atoms with van der Waals surface area (Å²) in [5, 5.41) is 3.29. The minimum atomic E-state index is -3.17. The van der Waals surface area contributed by atoms with Crippen LogP contribution in [0.15, 0.2) is 50.9 Å². The highest BCUT2D eigenvalue weighted by molar-refractivity contribution is 14.0. The predicted molar refractivity (Wildman–Crippen MR) is 124 cm³/mol. The summed E-state index contributed by atoms with van der Waals surface area (Å²) in [6.45, 7) is 4.00. The van der Waals surface area contributed by atoms with Crippen LogP contribution >= 0.6 is 39.9 Å². The molecule has 0 fully saturated rings. The highest BCUT2D eigenvalue weighted by atomic mass is 127. The predicted octanol–water partition coefficient (Wildman–Crippen LogP) is 3.41. The van der Waals surface area contributed by atoms with E-state index in [0.29, 0.717) is 11.4 Å². The number of aliphatic imine (C=N–C) groups is 1. The molecule has 6 nitrogen and oxygen atoms in total. The van der Waals surface area contributed by atoms with E-state index in [9.17, 15) is 8.42 Å². The van der Waals surface area contributed by atoms with Crippen molar-refractivity contribution >= 4 is 55.7 Å². The second-order valence-corrected chi connectivity index (χ2v) is 9.13. The summed E-state index contributed by atoms with van der Waals surface area (Å²) >= 11 is 3.49. The Hall–Kier alpha value is -1.07. The molecule has 0 aliphatic rings. The summed E-state index contributed by atoms with van der Waals surface area (Å²) in [5.41, 5.74) is 2.13. The molecule has 150 valence electrons. The van der Waals surface area contributed by atoms with E-state index in [2.05, 4.69) is 41.8 Å². The maximum Gasteiger partial charge on any atom is 0.194 e. The highest BCUT2D eigenvalue weighted by Gasteiger charge is 2.10. The van der Waals surface area contributed by atoms with Gasteiger partial charge in [-0.05, 0) is 46.6 Å². The van der Waals surface area contributed by atoms with Gasteiger partial charge < -0.3 is 14.8 Å². The van der Waals surface area contributed by atoms with Gasteiger partial charge in [-0.2, -0.15) is 0 Å². The zero-order valence-corrected chi connectivity index (χ0v) is 20.7. The van der Waals surface area contributed by atoms with Crippen molar-refractivity contribution in [1.82, 2.24) is 14.8 Å². The van der Waals surface area contributed by atoms with E-state index in [1.807, 2.05) is 27.2 Å². The second-order valence-electron chi connectivity index (χ2n) is 6.20. The number of nitrogens with zero attached hydrogens (tertiary/aromatic N) is 3. The first kappa shape index (κ1) is 24.0. The number of aryl methyl sites for hydroxylation is 1. The molecular formula is C18H26BrIN4O2S. The fraction of sp³-hybridized carbons (Fsp3) is 0.389. The molecule has 1 N–H and O–H groups in total. The zero-order valence-electron chi connectivity index (χ0n) is 15.9. The van der Waals surface area contributed by atoms with Crippen LogP contribution in [-0.4, -0.2) is 43.7 Å². The molecule has 2 rings (SSSR count). The fourth-order valence-corrected chi connectivity index (χ4v) is 3.72. The summed E-state index contributed by atoms with van der Waals surface area (Å²) in [7, 11) is 0.838. The van der Waals surface area contributed by atoms with Gasteiger partial charge in [-0.25, -0.2) is 13.4 Å². The number of sulfone groups is 1. The van der Waals surface area contributed by atoms with E-state index in [4.69, 9.17) is 0 Å². The van der Waals surface area contributed by atoms with Gasteiger partial charge in [0.25, 0.3) is 0 Å². The lowest BCUT2D eigenvalue weighted by molar-refractivity contribution is 0.462. The molecule has 0 unspecified atom stereocenters. The molecule has 2 aromatic rings.